The normalized spacial score (nSPS) is 10.5. The molecule has 3 rings (SSSR count). The Morgan fingerprint density at radius 1 is 1.38 bits per heavy atom. The largest absolute Gasteiger partial charge is 0.311 e. The van der Waals surface area contributed by atoms with Crippen LogP contribution < -0.4 is 5.32 Å². The summed E-state index contributed by atoms with van der Waals surface area (Å²) in [5.74, 6) is 0.187. The first kappa shape index (κ1) is 14.1. The van der Waals surface area contributed by atoms with Crippen LogP contribution >= 0.6 is 34.5 Å². The van der Waals surface area contributed by atoms with E-state index in [9.17, 15) is 4.79 Å². The first-order valence-corrected chi connectivity index (χ1v) is 8.14. The van der Waals surface area contributed by atoms with E-state index in [0.29, 0.717) is 16.4 Å². The highest BCUT2D eigenvalue weighted by Gasteiger charge is 2.10. The average Bonchev–Trinajstić information content (AvgIpc) is 3.18. The number of hydrogen-bond donors (Lipinski definition) is 1. The second-order valence-corrected chi connectivity index (χ2v) is 6.01. The summed E-state index contributed by atoms with van der Waals surface area (Å²) in [5, 5.41) is 9.81. The summed E-state index contributed by atoms with van der Waals surface area (Å²) < 4.78 is 3.70. The van der Waals surface area contributed by atoms with Crippen LogP contribution in [0.2, 0.25) is 0 Å². The molecule has 0 saturated heterocycles. The minimum atomic E-state index is -0.197. The number of nitrogens with one attached hydrogen (secondary N) is 1. The van der Waals surface area contributed by atoms with Crippen molar-refractivity contribution in [2.75, 3.05) is 5.32 Å². The first-order chi connectivity index (χ1) is 10.3. The number of benzene rings is 1. The minimum absolute atomic E-state index is 0.197. The number of anilines is 1. The highest BCUT2D eigenvalue weighted by atomic mass is 35.5. The Morgan fingerprint density at radius 3 is 3.00 bits per heavy atom. The van der Waals surface area contributed by atoms with Crippen LogP contribution in [0.3, 0.4) is 0 Å². The molecule has 0 aliphatic heterocycles. The number of halogens is 1. The topological polar surface area (TPSA) is 67.8 Å². The molecular formula is C13H9ClN4OS2. The van der Waals surface area contributed by atoms with Gasteiger partial charge in [0.1, 0.15) is 10.0 Å². The Labute approximate surface area is 133 Å². The Morgan fingerprint density at radius 2 is 2.29 bits per heavy atom. The van der Waals surface area contributed by atoms with Gasteiger partial charge in [-0.2, -0.15) is 0 Å². The molecule has 0 aliphatic carbocycles. The van der Waals surface area contributed by atoms with E-state index in [-0.39, 0.29) is 5.91 Å². The molecule has 1 N–H and O–H groups in total. The molecule has 0 bridgehead atoms. The van der Waals surface area contributed by atoms with Gasteiger partial charge in [-0.25, -0.2) is 4.98 Å². The summed E-state index contributed by atoms with van der Waals surface area (Å²) in [5.41, 5.74) is 2.29. The van der Waals surface area contributed by atoms with E-state index < -0.39 is 0 Å². The molecule has 0 atom stereocenters. The summed E-state index contributed by atoms with van der Waals surface area (Å²) >= 11 is 8.40. The summed E-state index contributed by atoms with van der Waals surface area (Å²) in [6, 6.07) is 7.31. The predicted octanol–water partition coefficient (Wildman–Crippen LogP) is 3.65. The lowest BCUT2D eigenvalue weighted by molar-refractivity contribution is 0.102. The zero-order chi connectivity index (χ0) is 14.7. The highest BCUT2D eigenvalue weighted by Crippen LogP contribution is 2.25. The number of thiazole rings is 1. The van der Waals surface area contributed by atoms with Crippen LogP contribution in [0.4, 0.5) is 5.00 Å². The molecule has 0 fully saturated rings. The van der Waals surface area contributed by atoms with Crippen molar-refractivity contribution < 1.29 is 4.79 Å². The van der Waals surface area contributed by atoms with Gasteiger partial charge in [-0.3, -0.25) is 4.79 Å². The van der Waals surface area contributed by atoms with Crippen LogP contribution in [0.15, 0.2) is 35.8 Å². The third-order valence-corrected chi connectivity index (χ3v) is 4.45. The zero-order valence-corrected chi connectivity index (χ0v) is 13.0. The summed E-state index contributed by atoms with van der Waals surface area (Å²) in [6.45, 7) is 0. The number of amides is 1. The Hall–Kier alpha value is -1.83. The number of nitrogens with zero attached hydrogens (tertiary/aromatic N) is 3. The Kier molecular flexibility index (Phi) is 4.23. The van der Waals surface area contributed by atoms with Crippen molar-refractivity contribution in [3.05, 3.63) is 47.1 Å². The van der Waals surface area contributed by atoms with Crippen LogP contribution in [0.25, 0.3) is 10.6 Å². The van der Waals surface area contributed by atoms with Crippen LogP contribution in [0.1, 0.15) is 16.1 Å². The van der Waals surface area contributed by atoms with Crippen LogP contribution in [-0.2, 0) is 5.88 Å². The number of hydrogen-bond acceptors (Lipinski definition) is 6. The molecule has 21 heavy (non-hydrogen) atoms. The third-order valence-electron chi connectivity index (χ3n) is 2.66. The molecule has 5 nitrogen and oxygen atoms in total. The molecule has 0 spiro atoms. The fraction of sp³-hybridized carbons (Fsp3) is 0.0769. The van der Waals surface area contributed by atoms with Gasteiger partial charge in [-0.05, 0) is 12.1 Å². The van der Waals surface area contributed by atoms with Gasteiger partial charge in [0.25, 0.3) is 5.91 Å². The summed E-state index contributed by atoms with van der Waals surface area (Å²) in [6.07, 6.45) is 1.51. The van der Waals surface area contributed by atoms with E-state index in [1.165, 1.54) is 17.5 Å². The lowest BCUT2D eigenvalue weighted by Gasteiger charge is -2.03. The van der Waals surface area contributed by atoms with Gasteiger partial charge in [0.2, 0.25) is 0 Å². The van der Waals surface area contributed by atoms with E-state index in [0.717, 1.165) is 27.8 Å². The van der Waals surface area contributed by atoms with E-state index in [4.69, 9.17) is 11.6 Å². The van der Waals surface area contributed by atoms with Crippen molar-refractivity contribution in [3.8, 4) is 10.6 Å². The van der Waals surface area contributed by atoms with Crippen LogP contribution in [0.5, 0.6) is 0 Å². The molecule has 1 amide bonds. The van der Waals surface area contributed by atoms with Gasteiger partial charge in [0, 0.05) is 28.0 Å². The molecule has 0 aliphatic rings. The minimum Gasteiger partial charge on any atom is -0.311 e. The van der Waals surface area contributed by atoms with Crippen molar-refractivity contribution in [2.24, 2.45) is 0 Å². The monoisotopic (exact) mass is 336 g/mol. The van der Waals surface area contributed by atoms with E-state index in [2.05, 4.69) is 19.9 Å². The molecule has 0 unspecified atom stereocenters. The third kappa shape index (κ3) is 3.26. The second kappa shape index (κ2) is 6.30. The number of rotatable bonds is 4. The summed E-state index contributed by atoms with van der Waals surface area (Å²) in [7, 11) is 0. The Balaban J connectivity index is 1.84. The maximum Gasteiger partial charge on any atom is 0.256 e. The van der Waals surface area contributed by atoms with Crippen molar-refractivity contribution in [3.63, 3.8) is 0 Å². The van der Waals surface area contributed by atoms with Gasteiger partial charge >= 0.3 is 0 Å². The average molecular weight is 337 g/mol. The molecule has 2 heterocycles. The van der Waals surface area contributed by atoms with Gasteiger partial charge < -0.3 is 5.32 Å². The standard InChI is InChI=1S/C13H9ClN4OS2/c14-5-10-7-20-13(16-10)9-3-1-2-8(4-9)12(19)17-11-6-15-18-21-11/h1-4,6-7H,5H2,(H,17,19). The fourth-order valence-electron chi connectivity index (χ4n) is 1.70. The molecule has 106 valence electrons. The quantitative estimate of drug-likeness (QED) is 0.738. The van der Waals surface area contributed by atoms with Gasteiger partial charge in [-0.15, -0.1) is 28.0 Å². The molecule has 2 aromatic heterocycles. The summed E-state index contributed by atoms with van der Waals surface area (Å²) in [4.78, 5) is 16.6. The maximum absolute atomic E-state index is 12.2. The van der Waals surface area contributed by atoms with Gasteiger partial charge in [0.05, 0.1) is 17.8 Å². The molecule has 0 radical (unpaired) electrons. The van der Waals surface area contributed by atoms with Crippen LogP contribution in [0, 0.1) is 0 Å². The smallest absolute Gasteiger partial charge is 0.256 e. The molecule has 1 aromatic carbocycles. The number of carbonyl (C=O) groups is 1. The molecule has 0 saturated carbocycles. The van der Waals surface area contributed by atoms with Crippen molar-refractivity contribution >= 4 is 45.4 Å². The zero-order valence-electron chi connectivity index (χ0n) is 10.6. The van der Waals surface area contributed by atoms with E-state index in [1.807, 2.05) is 17.5 Å². The molecule has 3 aromatic rings. The fourth-order valence-corrected chi connectivity index (χ4v) is 3.16. The first-order valence-electron chi connectivity index (χ1n) is 5.96. The highest BCUT2D eigenvalue weighted by molar-refractivity contribution is 7.13. The Bertz CT molecular complexity index is 757. The molecular weight excluding hydrogens is 328 g/mol. The van der Waals surface area contributed by atoms with Crippen molar-refractivity contribution in [2.45, 2.75) is 5.88 Å². The van der Waals surface area contributed by atoms with E-state index >= 15 is 0 Å². The van der Waals surface area contributed by atoms with E-state index in [1.54, 1.807) is 12.1 Å². The number of carbonyl (C=O) groups excluding carboxylic acids is 1. The van der Waals surface area contributed by atoms with Crippen molar-refractivity contribution in [1.82, 2.24) is 14.6 Å². The number of aromatic nitrogens is 3. The van der Waals surface area contributed by atoms with Gasteiger partial charge in [0.15, 0.2) is 0 Å². The van der Waals surface area contributed by atoms with Crippen LogP contribution in [-0.4, -0.2) is 20.5 Å². The SMILES string of the molecule is O=C(Nc1cnns1)c1cccc(-c2nc(CCl)cs2)c1. The lowest BCUT2D eigenvalue weighted by Crippen LogP contribution is -2.10. The second-order valence-electron chi connectivity index (χ2n) is 4.09. The number of alkyl halides is 1. The lowest BCUT2D eigenvalue weighted by atomic mass is 10.1. The maximum atomic E-state index is 12.2. The predicted molar refractivity (Wildman–Crippen MR) is 85.0 cm³/mol. The molecule has 8 heteroatoms. The van der Waals surface area contributed by atoms with Gasteiger partial charge in [-0.1, -0.05) is 16.6 Å². The van der Waals surface area contributed by atoms with Crippen molar-refractivity contribution in [1.29, 1.82) is 0 Å².